The highest BCUT2D eigenvalue weighted by Gasteiger charge is 2.33. The topological polar surface area (TPSA) is 90.9 Å². The molecule has 6 nitrogen and oxygen atoms in total. The van der Waals surface area contributed by atoms with Crippen molar-refractivity contribution in [3.63, 3.8) is 0 Å². The van der Waals surface area contributed by atoms with Crippen LogP contribution in [0, 0.1) is 6.92 Å². The molecule has 1 aliphatic rings. The zero-order valence-corrected chi connectivity index (χ0v) is 12.0. The van der Waals surface area contributed by atoms with Crippen LogP contribution >= 0.6 is 0 Å². The molecule has 0 spiro atoms. The number of aryl methyl sites for hydroxylation is 1. The molecule has 1 aromatic heterocycles. The molecule has 1 aliphatic carbocycles. The summed E-state index contributed by atoms with van der Waals surface area (Å²) in [5.74, 6) is 0.658. The Kier molecular flexibility index (Phi) is 3.10. The molecule has 1 heterocycles. The summed E-state index contributed by atoms with van der Waals surface area (Å²) in [6.45, 7) is 2.02. The molecule has 20 heavy (non-hydrogen) atoms. The van der Waals surface area contributed by atoms with E-state index < -0.39 is 10.0 Å². The number of aromatic nitrogens is 3. The standard InChI is InChI=1S/C13H16N4O2S/c1-9-4-2-3-5-10(9)8-12-15-16-13(20(14,18)19)17(12)11-6-7-11/h2-5,11H,6-8H2,1H3,(H2,14,18,19). The van der Waals surface area contributed by atoms with Gasteiger partial charge in [-0.1, -0.05) is 24.3 Å². The lowest BCUT2D eigenvalue weighted by molar-refractivity contribution is 0.560. The summed E-state index contributed by atoms with van der Waals surface area (Å²) in [5, 5.41) is 12.9. The number of hydrogen-bond donors (Lipinski definition) is 1. The van der Waals surface area contributed by atoms with Crippen LogP contribution in [0.1, 0.15) is 35.8 Å². The van der Waals surface area contributed by atoms with E-state index in [-0.39, 0.29) is 11.2 Å². The Balaban J connectivity index is 2.03. The summed E-state index contributed by atoms with van der Waals surface area (Å²) in [5.41, 5.74) is 2.26. The maximum Gasteiger partial charge on any atom is 0.273 e. The SMILES string of the molecule is Cc1ccccc1Cc1nnc(S(N)(=O)=O)n1C1CC1. The smallest absolute Gasteiger partial charge is 0.273 e. The second kappa shape index (κ2) is 4.68. The molecule has 106 valence electrons. The normalized spacial score (nSPS) is 15.5. The summed E-state index contributed by atoms with van der Waals surface area (Å²) in [6.07, 6.45) is 2.45. The van der Waals surface area contributed by atoms with Gasteiger partial charge < -0.3 is 0 Å². The molecule has 1 fully saturated rings. The van der Waals surface area contributed by atoms with Crippen LogP contribution in [0.5, 0.6) is 0 Å². The van der Waals surface area contributed by atoms with Crippen molar-refractivity contribution in [1.29, 1.82) is 0 Å². The van der Waals surface area contributed by atoms with Gasteiger partial charge in [-0.3, -0.25) is 4.57 Å². The number of nitrogens with two attached hydrogens (primary N) is 1. The van der Waals surface area contributed by atoms with E-state index in [1.165, 1.54) is 0 Å². The Hall–Kier alpha value is -1.73. The van der Waals surface area contributed by atoms with E-state index in [4.69, 9.17) is 5.14 Å². The molecule has 1 saturated carbocycles. The van der Waals surface area contributed by atoms with Gasteiger partial charge in [0.05, 0.1) is 0 Å². The van der Waals surface area contributed by atoms with Gasteiger partial charge in [0.2, 0.25) is 0 Å². The molecule has 0 unspecified atom stereocenters. The van der Waals surface area contributed by atoms with E-state index in [0.717, 1.165) is 24.0 Å². The highest BCUT2D eigenvalue weighted by atomic mass is 32.2. The molecular formula is C13H16N4O2S. The zero-order chi connectivity index (χ0) is 14.3. The van der Waals surface area contributed by atoms with Crippen LogP contribution in [0.3, 0.4) is 0 Å². The van der Waals surface area contributed by atoms with E-state index in [2.05, 4.69) is 10.2 Å². The summed E-state index contributed by atoms with van der Waals surface area (Å²) in [7, 11) is -3.83. The first-order valence-electron chi connectivity index (χ1n) is 6.48. The number of sulfonamides is 1. The maximum absolute atomic E-state index is 11.6. The van der Waals surface area contributed by atoms with Crippen molar-refractivity contribution in [2.75, 3.05) is 0 Å². The van der Waals surface area contributed by atoms with Crippen molar-refractivity contribution in [1.82, 2.24) is 14.8 Å². The van der Waals surface area contributed by atoms with Crippen molar-refractivity contribution in [3.05, 3.63) is 41.2 Å². The molecule has 0 atom stereocenters. The van der Waals surface area contributed by atoms with Gasteiger partial charge in [0.25, 0.3) is 15.2 Å². The summed E-state index contributed by atoms with van der Waals surface area (Å²) in [4.78, 5) is 0. The predicted octanol–water partition coefficient (Wildman–Crippen LogP) is 1.16. The van der Waals surface area contributed by atoms with Gasteiger partial charge in [-0.2, -0.15) is 0 Å². The third-order valence-corrected chi connectivity index (χ3v) is 4.30. The first-order valence-corrected chi connectivity index (χ1v) is 8.02. The van der Waals surface area contributed by atoms with E-state index in [1.807, 2.05) is 31.2 Å². The molecule has 1 aromatic carbocycles. The fourth-order valence-corrected chi connectivity index (χ4v) is 2.98. The average Bonchev–Trinajstić information content (AvgIpc) is 3.12. The van der Waals surface area contributed by atoms with Crippen molar-refractivity contribution < 1.29 is 8.42 Å². The van der Waals surface area contributed by atoms with Crippen LogP contribution in [0.25, 0.3) is 0 Å². The highest BCUT2D eigenvalue weighted by molar-refractivity contribution is 7.89. The lowest BCUT2D eigenvalue weighted by Gasteiger charge is -2.09. The summed E-state index contributed by atoms with van der Waals surface area (Å²) in [6, 6.07) is 8.13. The molecule has 0 aliphatic heterocycles. The molecule has 2 N–H and O–H groups in total. The minimum absolute atomic E-state index is 0.122. The number of rotatable bonds is 4. The predicted molar refractivity (Wildman–Crippen MR) is 73.7 cm³/mol. The van der Waals surface area contributed by atoms with Gasteiger partial charge in [-0.15, -0.1) is 10.2 Å². The van der Waals surface area contributed by atoms with Gasteiger partial charge in [-0.25, -0.2) is 13.6 Å². The molecule has 2 aromatic rings. The van der Waals surface area contributed by atoms with E-state index in [9.17, 15) is 8.42 Å². The third-order valence-electron chi connectivity index (χ3n) is 3.51. The zero-order valence-electron chi connectivity index (χ0n) is 11.2. The largest absolute Gasteiger partial charge is 0.297 e. The lowest BCUT2D eigenvalue weighted by Crippen LogP contribution is -2.19. The fraction of sp³-hybridized carbons (Fsp3) is 0.385. The second-order valence-electron chi connectivity index (χ2n) is 5.15. The molecule has 0 radical (unpaired) electrons. The number of hydrogen-bond acceptors (Lipinski definition) is 4. The van der Waals surface area contributed by atoms with Gasteiger partial charge in [0.15, 0.2) is 0 Å². The fourth-order valence-electron chi connectivity index (χ4n) is 2.30. The Morgan fingerprint density at radius 2 is 2.00 bits per heavy atom. The minimum atomic E-state index is -3.83. The van der Waals surface area contributed by atoms with Crippen LogP contribution in [-0.4, -0.2) is 23.2 Å². The van der Waals surface area contributed by atoms with Crippen LogP contribution < -0.4 is 5.14 Å². The number of primary sulfonamides is 1. The minimum Gasteiger partial charge on any atom is -0.297 e. The first-order chi connectivity index (χ1) is 9.47. The first kappa shape index (κ1) is 13.3. The van der Waals surface area contributed by atoms with E-state index in [1.54, 1.807) is 4.57 Å². The quantitative estimate of drug-likeness (QED) is 0.915. The van der Waals surface area contributed by atoms with Crippen LogP contribution in [0.4, 0.5) is 0 Å². The van der Waals surface area contributed by atoms with Crippen LogP contribution in [-0.2, 0) is 16.4 Å². The average molecular weight is 292 g/mol. The monoisotopic (exact) mass is 292 g/mol. The molecular weight excluding hydrogens is 276 g/mol. The molecule has 0 bridgehead atoms. The molecule has 3 rings (SSSR count). The third kappa shape index (κ3) is 2.46. The molecule has 7 heteroatoms. The Bertz CT molecular complexity index is 747. The molecule has 0 saturated heterocycles. The van der Waals surface area contributed by atoms with Crippen molar-refractivity contribution in [2.24, 2.45) is 5.14 Å². The Labute approximate surface area is 117 Å². The lowest BCUT2D eigenvalue weighted by atomic mass is 10.1. The summed E-state index contributed by atoms with van der Waals surface area (Å²) >= 11 is 0. The summed E-state index contributed by atoms with van der Waals surface area (Å²) < 4.78 is 24.8. The van der Waals surface area contributed by atoms with Gasteiger partial charge in [0.1, 0.15) is 5.82 Å². The Morgan fingerprint density at radius 1 is 1.30 bits per heavy atom. The maximum atomic E-state index is 11.6. The number of nitrogens with zero attached hydrogens (tertiary/aromatic N) is 3. The van der Waals surface area contributed by atoms with Crippen molar-refractivity contribution in [2.45, 2.75) is 37.4 Å². The Morgan fingerprint density at radius 3 is 2.60 bits per heavy atom. The van der Waals surface area contributed by atoms with Crippen molar-refractivity contribution in [3.8, 4) is 0 Å². The highest BCUT2D eigenvalue weighted by Crippen LogP contribution is 2.37. The van der Waals surface area contributed by atoms with E-state index >= 15 is 0 Å². The van der Waals surface area contributed by atoms with Gasteiger partial charge in [-0.05, 0) is 30.9 Å². The van der Waals surface area contributed by atoms with Gasteiger partial charge in [0, 0.05) is 12.5 Å². The van der Waals surface area contributed by atoms with Gasteiger partial charge >= 0.3 is 0 Å². The van der Waals surface area contributed by atoms with Crippen LogP contribution in [0.15, 0.2) is 29.4 Å². The van der Waals surface area contributed by atoms with Crippen molar-refractivity contribution >= 4 is 10.0 Å². The van der Waals surface area contributed by atoms with E-state index in [0.29, 0.717) is 12.2 Å². The van der Waals surface area contributed by atoms with Crippen LogP contribution in [0.2, 0.25) is 0 Å². The molecule has 0 amide bonds. The second-order valence-corrected chi connectivity index (χ2v) is 6.60. The number of benzene rings is 1.